The summed E-state index contributed by atoms with van der Waals surface area (Å²) in [4.78, 5) is 17.2. The van der Waals surface area contributed by atoms with Crippen LogP contribution in [0.15, 0.2) is 47.6 Å². The summed E-state index contributed by atoms with van der Waals surface area (Å²) in [7, 11) is 0. The second-order valence-electron chi connectivity index (χ2n) is 7.12. The van der Waals surface area contributed by atoms with E-state index in [1.54, 1.807) is 18.3 Å². The minimum absolute atomic E-state index is 0.0641. The number of hydrogen-bond acceptors (Lipinski definition) is 3. The summed E-state index contributed by atoms with van der Waals surface area (Å²) in [5, 5.41) is 3.90. The first-order valence-electron chi connectivity index (χ1n) is 9.17. The van der Waals surface area contributed by atoms with Crippen LogP contribution in [-0.2, 0) is 5.75 Å². The Kier molecular flexibility index (Phi) is 6.30. The van der Waals surface area contributed by atoms with E-state index in [0.717, 1.165) is 18.4 Å². The fraction of sp³-hybridized carbons (Fsp3) is 0.429. The molecule has 0 aliphatic heterocycles. The number of halogens is 1. The van der Waals surface area contributed by atoms with E-state index in [9.17, 15) is 9.18 Å². The van der Waals surface area contributed by atoms with Crippen molar-refractivity contribution in [2.24, 2.45) is 11.8 Å². The average molecular weight is 373 g/mol. The predicted molar refractivity (Wildman–Crippen MR) is 104 cm³/mol. The van der Waals surface area contributed by atoms with Crippen molar-refractivity contribution in [3.8, 4) is 0 Å². The third-order valence-electron chi connectivity index (χ3n) is 5.30. The number of nitrogens with one attached hydrogen (secondary N) is 1. The Labute approximate surface area is 158 Å². The van der Waals surface area contributed by atoms with Gasteiger partial charge < -0.3 is 5.32 Å². The van der Waals surface area contributed by atoms with E-state index in [-0.39, 0.29) is 17.8 Å². The van der Waals surface area contributed by atoms with Gasteiger partial charge in [0.15, 0.2) is 0 Å². The maximum Gasteiger partial charge on any atom is 0.254 e. The van der Waals surface area contributed by atoms with E-state index in [2.05, 4.69) is 24.1 Å². The highest BCUT2D eigenvalue weighted by Gasteiger charge is 2.29. The van der Waals surface area contributed by atoms with Gasteiger partial charge in [0.05, 0.1) is 5.56 Å². The number of pyridine rings is 1. The van der Waals surface area contributed by atoms with E-state index < -0.39 is 0 Å². The molecule has 3 nitrogen and oxygen atoms in total. The van der Waals surface area contributed by atoms with Crippen LogP contribution in [0.2, 0.25) is 0 Å². The van der Waals surface area contributed by atoms with Gasteiger partial charge in [0.25, 0.3) is 5.91 Å². The maximum absolute atomic E-state index is 13.3. The number of rotatable bonds is 5. The van der Waals surface area contributed by atoms with E-state index >= 15 is 0 Å². The molecule has 0 spiro atoms. The van der Waals surface area contributed by atoms with Crippen LogP contribution in [0.4, 0.5) is 4.39 Å². The Bertz CT molecular complexity index is 767. The Balaban J connectivity index is 1.69. The Morgan fingerprint density at radius 3 is 2.92 bits per heavy atom. The van der Waals surface area contributed by atoms with Gasteiger partial charge in [-0.2, -0.15) is 0 Å². The van der Waals surface area contributed by atoms with E-state index in [0.29, 0.717) is 28.2 Å². The second kappa shape index (κ2) is 8.67. The van der Waals surface area contributed by atoms with Crippen molar-refractivity contribution >= 4 is 17.7 Å². The van der Waals surface area contributed by atoms with Gasteiger partial charge in [0.2, 0.25) is 0 Å². The summed E-state index contributed by atoms with van der Waals surface area (Å²) >= 11 is 1.46. The molecular formula is C21H25FN2OS. The average Bonchev–Trinajstić information content (AvgIpc) is 2.64. The third-order valence-corrected chi connectivity index (χ3v) is 6.38. The molecule has 0 unspecified atom stereocenters. The summed E-state index contributed by atoms with van der Waals surface area (Å²) < 4.78 is 13.3. The highest BCUT2D eigenvalue weighted by atomic mass is 32.2. The molecule has 0 saturated heterocycles. The first-order chi connectivity index (χ1) is 12.5. The van der Waals surface area contributed by atoms with Gasteiger partial charge in [-0.15, -0.1) is 11.8 Å². The van der Waals surface area contributed by atoms with Crippen molar-refractivity contribution in [2.75, 3.05) is 0 Å². The SMILES string of the molecule is C[C@H]1[C@H](C)CCC[C@H]1NC(=O)c1cccnc1SCc1cccc(F)c1. The fourth-order valence-electron chi connectivity index (χ4n) is 3.49. The molecular weight excluding hydrogens is 347 g/mol. The van der Waals surface area contributed by atoms with Gasteiger partial charge in [0, 0.05) is 18.0 Å². The van der Waals surface area contributed by atoms with Crippen LogP contribution in [0.5, 0.6) is 0 Å². The molecule has 3 rings (SSSR count). The minimum atomic E-state index is -0.248. The number of amides is 1. The normalized spacial score (nSPS) is 22.8. The molecule has 1 aromatic heterocycles. The van der Waals surface area contributed by atoms with Crippen molar-refractivity contribution in [3.63, 3.8) is 0 Å². The minimum Gasteiger partial charge on any atom is -0.349 e. The number of benzene rings is 1. The van der Waals surface area contributed by atoms with Crippen LogP contribution in [0.25, 0.3) is 0 Å². The molecule has 0 radical (unpaired) electrons. The highest BCUT2D eigenvalue weighted by Crippen LogP contribution is 2.30. The lowest BCUT2D eigenvalue weighted by atomic mass is 9.78. The number of nitrogens with zero attached hydrogens (tertiary/aromatic N) is 1. The largest absolute Gasteiger partial charge is 0.349 e. The van der Waals surface area contributed by atoms with Crippen LogP contribution in [0.1, 0.15) is 49.0 Å². The van der Waals surface area contributed by atoms with E-state index in [1.807, 2.05) is 12.1 Å². The predicted octanol–water partition coefficient (Wildman–Crippen LogP) is 5.07. The summed E-state index contributed by atoms with van der Waals surface area (Å²) in [5.41, 5.74) is 1.47. The van der Waals surface area contributed by atoms with Crippen LogP contribution < -0.4 is 5.32 Å². The zero-order chi connectivity index (χ0) is 18.5. The first-order valence-corrected chi connectivity index (χ1v) is 10.2. The molecule has 1 aliphatic rings. The number of hydrogen-bond donors (Lipinski definition) is 1. The number of carbonyl (C=O) groups is 1. The Morgan fingerprint density at radius 1 is 1.27 bits per heavy atom. The zero-order valence-corrected chi connectivity index (χ0v) is 16.1. The lowest BCUT2D eigenvalue weighted by molar-refractivity contribution is 0.0887. The third kappa shape index (κ3) is 4.64. The van der Waals surface area contributed by atoms with Crippen LogP contribution in [-0.4, -0.2) is 16.9 Å². The van der Waals surface area contributed by atoms with Gasteiger partial charge in [-0.25, -0.2) is 9.37 Å². The quantitative estimate of drug-likeness (QED) is 0.745. The maximum atomic E-state index is 13.3. The Hall–Kier alpha value is -1.88. The van der Waals surface area contributed by atoms with Gasteiger partial charge in [-0.1, -0.05) is 38.8 Å². The van der Waals surface area contributed by atoms with Gasteiger partial charge in [0.1, 0.15) is 10.8 Å². The van der Waals surface area contributed by atoms with Crippen molar-refractivity contribution in [1.29, 1.82) is 0 Å². The van der Waals surface area contributed by atoms with Crippen molar-refractivity contribution in [2.45, 2.75) is 49.9 Å². The summed E-state index contributed by atoms with van der Waals surface area (Å²) in [6, 6.07) is 10.3. The Morgan fingerprint density at radius 2 is 2.12 bits per heavy atom. The molecule has 26 heavy (non-hydrogen) atoms. The van der Waals surface area contributed by atoms with Gasteiger partial charge >= 0.3 is 0 Å². The molecule has 1 heterocycles. The number of carbonyl (C=O) groups excluding carboxylic acids is 1. The molecule has 5 heteroatoms. The molecule has 3 atom stereocenters. The van der Waals surface area contributed by atoms with E-state index in [1.165, 1.54) is 30.3 Å². The lowest BCUT2D eigenvalue weighted by Gasteiger charge is -2.34. The van der Waals surface area contributed by atoms with Crippen molar-refractivity contribution in [1.82, 2.24) is 10.3 Å². The molecule has 1 aliphatic carbocycles. The fourth-order valence-corrected chi connectivity index (χ4v) is 4.42. The van der Waals surface area contributed by atoms with Crippen LogP contribution >= 0.6 is 11.8 Å². The van der Waals surface area contributed by atoms with Gasteiger partial charge in [-0.3, -0.25) is 4.79 Å². The second-order valence-corrected chi connectivity index (χ2v) is 8.09. The molecule has 1 N–H and O–H groups in total. The molecule has 0 bridgehead atoms. The smallest absolute Gasteiger partial charge is 0.254 e. The summed E-state index contributed by atoms with van der Waals surface area (Å²) in [5.74, 6) is 1.37. The molecule has 1 amide bonds. The van der Waals surface area contributed by atoms with Crippen LogP contribution in [0, 0.1) is 17.7 Å². The number of aromatic nitrogens is 1. The topological polar surface area (TPSA) is 42.0 Å². The standard InChI is InChI=1S/C21H25FN2OS/c1-14-6-3-10-19(15(14)2)24-20(25)18-9-5-11-23-21(18)26-13-16-7-4-8-17(22)12-16/h4-5,7-9,11-12,14-15,19H,3,6,10,13H2,1-2H3,(H,24,25)/t14-,15+,19-/m1/s1. The highest BCUT2D eigenvalue weighted by molar-refractivity contribution is 7.98. The van der Waals surface area contributed by atoms with Gasteiger partial charge in [-0.05, 0) is 48.1 Å². The van der Waals surface area contributed by atoms with Crippen molar-refractivity contribution in [3.05, 3.63) is 59.5 Å². The molecule has 1 saturated carbocycles. The van der Waals surface area contributed by atoms with E-state index in [4.69, 9.17) is 0 Å². The molecule has 138 valence electrons. The summed E-state index contributed by atoms with van der Waals surface area (Å²) in [6.07, 6.45) is 5.11. The number of thioether (sulfide) groups is 1. The van der Waals surface area contributed by atoms with Crippen LogP contribution in [0.3, 0.4) is 0 Å². The molecule has 2 aromatic rings. The summed E-state index contributed by atoms with van der Waals surface area (Å²) in [6.45, 7) is 4.48. The monoisotopic (exact) mass is 372 g/mol. The lowest BCUT2D eigenvalue weighted by Crippen LogP contribution is -2.43. The molecule has 1 aromatic carbocycles. The van der Waals surface area contributed by atoms with Crippen molar-refractivity contribution < 1.29 is 9.18 Å². The zero-order valence-electron chi connectivity index (χ0n) is 15.2. The first kappa shape index (κ1) is 18.9. The molecule has 1 fully saturated rings.